The molecule has 1 fully saturated rings. The highest BCUT2D eigenvalue weighted by atomic mass is 32.2. The van der Waals surface area contributed by atoms with Gasteiger partial charge in [-0.25, -0.2) is 13.4 Å². The van der Waals surface area contributed by atoms with Crippen LogP contribution < -0.4 is 5.56 Å². The van der Waals surface area contributed by atoms with Crippen molar-refractivity contribution < 1.29 is 13.2 Å². The van der Waals surface area contributed by atoms with Crippen LogP contribution in [0.1, 0.15) is 42.2 Å². The number of benzene rings is 1. The molecule has 0 radical (unpaired) electrons. The number of carbonyl (C=O) groups is 1. The standard InChI is InChI=1S/C25H29N3O4S3/c1-3-27(18-12-13-35(31,32)15-18)21(29)14-33-25-26-23-22(19-6-4-5-7-20(19)34-23)24(30)28(25)17-10-8-16(2)9-11-17/h8-11,18H,3-7,12-15H2,1-2H3/t18-/m1/s1. The van der Waals surface area contributed by atoms with Gasteiger partial charge in [-0.1, -0.05) is 29.5 Å². The van der Waals surface area contributed by atoms with Crippen LogP contribution >= 0.6 is 23.1 Å². The van der Waals surface area contributed by atoms with Gasteiger partial charge in [-0.2, -0.15) is 0 Å². The second kappa shape index (κ2) is 9.71. The number of nitrogens with zero attached hydrogens (tertiary/aromatic N) is 3. The number of aryl methyl sites for hydroxylation is 3. The summed E-state index contributed by atoms with van der Waals surface area (Å²) in [6, 6.07) is 7.48. The number of carbonyl (C=O) groups excluding carboxylic acids is 1. The van der Waals surface area contributed by atoms with Gasteiger partial charge in [-0.05, 0) is 63.6 Å². The Morgan fingerprint density at radius 1 is 1.23 bits per heavy atom. The van der Waals surface area contributed by atoms with Crippen LogP contribution in [0.4, 0.5) is 0 Å². The highest BCUT2D eigenvalue weighted by Crippen LogP contribution is 2.35. The fourth-order valence-electron chi connectivity index (χ4n) is 5.07. The lowest BCUT2D eigenvalue weighted by atomic mass is 9.97. The van der Waals surface area contributed by atoms with Crippen LogP contribution in [0.15, 0.2) is 34.2 Å². The molecule has 35 heavy (non-hydrogen) atoms. The first-order valence-corrected chi connectivity index (χ1v) is 15.7. The van der Waals surface area contributed by atoms with Gasteiger partial charge in [-0.3, -0.25) is 14.2 Å². The minimum atomic E-state index is -3.09. The minimum Gasteiger partial charge on any atom is -0.338 e. The van der Waals surface area contributed by atoms with E-state index in [0.29, 0.717) is 23.5 Å². The zero-order valence-corrected chi connectivity index (χ0v) is 22.4. The van der Waals surface area contributed by atoms with Gasteiger partial charge in [-0.15, -0.1) is 11.3 Å². The summed E-state index contributed by atoms with van der Waals surface area (Å²) in [6.45, 7) is 4.32. The molecule has 0 bridgehead atoms. The van der Waals surface area contributed by atoms with E-state index in [1.807, 2.05) is 38.1 Å². The molecule has 0 spiro atoms. The summed E-state index contributed by atoms with van der Waals surface area (Å²) in [5, 5.41) is 1.21. The Kier molecular flexibility index (Phi) is 6.80. The van der Waals surface area contributed by atoms with Crippen molar-refractivity contribution in [3.8, 4) is 5.69 Å². The predicted octanol–water partition coefficient (Wildman–Crippen LogP) is 3.76. The Bertz CT molecular complexity index is 1440. The molecule has 1 amide bonds. The summed E-state index contributed by atoms with van der Waals surface area (Å²) in [5.74, 6) is 0.119. The number of amides is 1. The fourth-order valence-corrected chi connectivity index (χ4v) is 9.01. The molecule has 2 aliphatic rings. The molecule has 3 aromatic rings. The normalized spacial score (nSPS) is 19.1. The lowest BCUT2D eigenvalue weighted by molar-refractivity contribution is -0.129. The summed E-state index contributed by atoms with van der Waals surface area (Å²) >= 11 is 2.85. The second-order valence-corrected chi connectivity index (χ2v) is 13.5. The van der Waals surface area contributed by atoms with E-state index in [1.165, 1.54) is 16.6 Å². The van der Waals surface area contributed by atoms with Crippen LogP contribution in [0.2, 0.25) is 0 Å². The van der Waals surface area contributed by atoms with Crippen LogP contribution in [0.5, 0.6) is 0 Å². The van der Waals surface area contributed by atoms with E-state index in [4.69, 9.17) is 4.98 Å². The Morgan fingerprint density at radius 3 is 2.66 bits per heavy atom. The topological polar surface area (TPSA) is 89.3 Å². The highest BCUT2D eigenvalue weighted by Gasteiger charge is 2.34. The second-order valence-electron chi connectivity index (χ2n) is 9.29. The van der Waals surface area contributed by atoms with E-state index in [-0.39, 0.29) is 34.8 Å². The van der Waals surface area contributed by atoms with Crippen LogP contribution in [0.3, 0.4) is 0 Å². The van der Waals surface area contributed by atoms with Crippen molar-refractivity contribution in [2.24, 2.45) is 0 Å². The van der Waals surface area contributed by atoms with Crippen molar-refractivity contribution >= 4 is 49.1 Å². The molecule has 0 N–H and O–H groups in total. The quantitative estimate of drug-likeness (QED) is 0.355. The lowest BCUT2D eigenvalue weighted by Crippen LogP contribution is -2.42. The van der Waals surface area contributed by atoms with Gasteiger partial charge in [0.2, 0.25) is 5.91 Å². The van der Waals surface area contributed by atoms with Gasteiger partial charge in [0.25, 0.3) is 5.56 Å². The molecular weight excluding hydrogens is 502 g/mol. The molecule has 1 aliphatic heterocycles. The van der Waals surface area contributed by atoms with Crippen molar-refractivity contribution in [1.82, 2.24) is 14.5 Å². The van der Waals surface area contributed by atoms with Crippen LogP contribution in [-0.4, -0.2) is 58.6 Å². The molecule has 2 aromatic heterocycles. The number of hydrogen-bond acceptors (Lipinski definition) is 7. The Morgan fingerprint density at radius 2 is 1.97 bits per heavy atom. The Balaban J connectivity index is 1.51. The van der Waals surface area contributed by atoms with E-state index in [9.17, 15) is 18.0 Å². The van der Waals surface area contributed by atoms with Gasteiger partial charge >= 0.3 is 0 Å². The average molecular weight is 532 g/mol. The molecule has 1 saturated heterocycles. The summed E-state index contributed by atoms with van der Waals surface area (Å²) < 4.78 is 25.5. The van der Waals surface area contributed by atoms with Crippen LogP contribution in [0.25, 0.3) is 15.9 Å². The number of rotatable bonds is 6. The smallest absolute Gasteiger partial charge is 0.267 e. The maximum atomic E-state index is 13.8. The molecule has 1 atom stereocenters. The van der Waals surface area contributed by atoms with Crippen LogP contribution in [-0.2, 0) is 27.5 Å². The largest absolute Gasteiger partial charge is 0.338 e. The minimum absolute atomic E-state index is 0.0241. The first kappa shape index (κ1) is 24.5. The molecule has 0 unspecified atom stereocenters. The van der Waals surface area contributed by atoms with Crippen molar-refractivity contribution in [2.45, 2.75) is 57.1 Å². The van der Waals surface area contributed by atoms with E-state index < -0.39 is 9.84 Å². The van der Waals surface area contributed by atoms with E-state index in [2.05, 4.69) is 0 Å². The molecule has 10 heteroatoms. The maximum absolute atomic E-state index is 13.8. The molecule has 0 saturated carbocycles. The number of aromatic nitrogens is 2. The summed E-state index contributed by atoms with van der Waals surface area (Å²) in [6.07, 6.45) is 4.58. The number of fused-ring (bicyclic) bond motifs is 3. The van der Waals surface area contributed by atoms with Gasteiger partial charge in [0, 0.05) is 17.5 Å². The SMILES string of the molecule is CCN(C(=O)CSc1nc2sc3c(c2c(=O)n1-c1ccc(C)cc1)CCCC3)[C@@H]1CCS(=O)(=O)C1. The summed E-state index contributed by atoms with van der Waals surface area (Å²) in [7, 11) is -3.09. The van der Waals surface area contributed by atoms with E-state index >= 15 is 0 Å². The molecule has 1 aromatic carbocycles. The molecular formula is C25H29N3O4S3. The predicted molar refractivity (Wildman–Crippen MR) is 142 cm³/mol. The number of thioether (sulfide) groups is 1. The monoisotopic (exact) mass is 531 g/mol. The Labute approximate surface area is 213 Å². The highest BCUT2D eigenvalue weighted by molar-refractivity contribution is 7.99. The maximum Gasteiger partial charge on any atom is 0.267 e. The van der Waals surface area contributed by atoms with Gasteiger partial charge in [0.15, 0.2) is 15.0 Å². The summed E-state index contributed by atoms with van der Waals surface area (Å²) in [5.41, 5.74) is 2.89. The molecule has 5 rings (SSSR count). The fraction of sp³-hybridized carbons (Fsp3) is 0.480. The van der Waals surface area contributed by atoms with Crippen molar-refractivity contribution in [2.75, 3.05) is 23.8 Å². The third-order valence-corrected chi connectivity index (χ3v) is 10.7. The molecule has 186 valence electrons. The number of thiophene rings is 1. The van der Waals surface area contributed by atoms with Gasteiger partial charge < -0.3 is 4.90 Å². The Hall–Kier alpha value is -2.17. The van der Waals surface area contributed by atoms with Gasteiger partial charge in [0.05, 0.1) is 28.3 Å². The summed E-state index contributed by atoms with van der Waals surface area (Å²) in [4.78, 5) is 35.5. The molecule has 1 aliphatic carbocycles. The number of sulfone groups is 1. The first-order chi connectivity index (χ1) is 16.8. The third kappa shape index (κ3) is 4.80. The van der Waals surface area contributed by atoms with E-state index in [1.54, 1.807) is 20.8 Å². The molecule has 3 heterocycles. The lowest BCUT2D eigenvalue weighted by Gasteiger charge is -2.26. The zero-order valence-electron chi connectivity index (χ0n) is 20.0. The average Bonchev–Trinajstić information content (AvgIpc) is 3.38. The third-order valence-electron chi connectivity index (χ3n) is 6.89. The first-order valence-electron chi connectivity index (χ1n) is 12.0. The van der Waals surface area contributed by atoms with Crippen LogP contribution in [0, 0.1) is 6.92 Å². The van der Waals surface area contributed by atoms with E-state index in [0.717, 1.165) is 47.3 Å². The van der Waals surface area contributed by atoms with Crippen molar-refractivity contribution in [1.29, 1.82) is 0 Å². The molecule has 7 nitrogen and oxygen atoms in total. The zero-order chi connectivity index (χ0) is 24.7. The van der Waals surface area contributed by atoms with Crippen molar-refractivity contribution in [3.05, 3.63) is 50.6 Å². The van der Waals surface area contributed by atoms with Crippen molar-refractivity contribution in [3.63, 3.8) is 0 Å². The number of hydrogen-bond donors (Lipinski definition) is 0. The van der Waals surface area contributed by atoms with Gasteiger partial charge in [0.1, 0.15) is 4.83 Å².